The van der Waals surface area contributed by atoms with E-state index in [1.54, 1.807) is 12.1 Å². The molecule has 2 aromatic carbocycles. The zero-order chi connectivity index (χ0) is 14.8. The maximum absolute atomic E-state index is 9.29. The lowest BCUT2D eigenvalue weighted by molar-refractivity contribution is 1.36. The third kappa shape index (κ3) is 2.85. The molecule has 1 heterocycles. The summed E-state index contributed by atoms with van der Waals surface area (Å²) in [5.41, 5.74) is 2.08. The maximum Gasteiger partial charge on any atom is 0.132 e. The lowest BCUT2D eigenvalue weighted by Crippen LogP contribution is -1.96. The fourth-order valence-corrected chi connectivity index (χ4v) is 2.59. The number of halogens is 2. The minimum atomic E-state index is 0.578. The third-order valence-corrected chi connectivity index (χ3v) is 3.85. The second-order valence-electron chi connectivity index (χ2n) is 4.43. The van der Waals surface area contributed by atoms with Crippen molar-refractivity contribution in [2.45, 2.75) is 0 Å². The van der Waals surface area contributed by atoms with Crippen molar-refractivity contribution in [3.63, 3.8) is 0 Å². The van der Waals surface area contributed by atoms with E-state index in [-0.39, 0.29) is 0 Å². The van der Waals surface area contributed by atoms with Gasteiger partial charge in [-0.3, -0.25) is 0 Å². The van der Waals surface area contributed by atoms with Gasteiger partial charge in [0.05, 0.1) is 27.9 Å². The van der Waals surface area contributed by atoms with Gasteiger partial charge < -0.3 is 5.32 Å². The Hall–Kier alpha value is -2.09. The number of benzene rings is 2. The Labute approximate surface area is 135 Å². The summed E-state index contributed by atoms with van der Waals surface area (Å²) >= 11 is 9.57. The van der Waals surface area contributed by atoms with Crippen LogP contribution in [0.5, 0.6) is 0 Å². The Bertz CT molecular complexity index is 871. The summed E-state index contributed by atoms with van der Waals surface area (Å²) in [5, 5.41) is 13.9. The van der Waals surface area contributed by atoms with Crippen LogP contribution in [0.25, 0.3) is 10.9 Å². The Morgan fingerprint density at radius 2 is 1.95 bits per heavy atom. The van der Waals surface area contributed by atoms with Gasteiger partial charge in [0.15, 0.2) is 0 Å². The summed E-state index contributed by atoms with van der Waals surface area (Å²) in [5.74, 6) is 0.588. The second-order valence-corrected chi connectivity index (χ2v) is 5.76. The molecular formula is C16H9BrClN3. The summed E-state index contributed by atoms with van der Waals surface area (Å²) in [6, 6.07) is 17.0. The third-order valence-electron chi connectivity index (χ3n) is 3.03. The minimum Gasteiger partial charge on any atom is -0.339 e. The van der Waals surface area contributed by atoms with Gasteiger partial charge in [0.2, 0.25) is 0 Å². The van der Waals surface area contributed by atoms with Crippen LogP contribution in [0.3, 0.4) is 0 Å². The number of pyridine rings is 1. The lowest BCUT2D eigenvalue weighted by atomic mass is 10.1. The van der Waals surface area contributed by atoms with Crippen LogP contribution in [-0.4, -0.2) is 4.98 Å². The van der Waals surface area contributed by atoms with E-state index in [4.69, 9.17) is 11.6 Å². The Kier molecular flexibility index (Phi) is 3.78. The van der Waals surface area contributed by atoms with E-state index in [0.29, 0.717) is 16.4 Å². The largest absolute Gasteiger partial charge is 0.339 e. The molecule has 0 aliphatic carbocycles. The molecule has 1 N–H and O–H groups in total. The second kappa shape index (κ2) is 5.72. The summed E-state index contributed by atoms with van der Waals surface area (Å²) < 4.78 is 0.913. The molecule has 3 aromatic rings. The summed E-state index contributed by atoms with van der Waals surface area (Å²) in [7, 11) is 0. The number of nitrogens with zero attached hydrogens (tertiary/aromatic N) is 2. The first-order chi connectivity index (χ1) is 10.2. The van der Waals surface area contributed by atoms with E-state index < -0.39 is 0 Å². The highest BCUT2D eigenvalue weighted by atomic mass is 79.9. The van der Waals surface area contributed by atoms with Crippen LogP contribution in [0, 0.1) is 11.3 Å². The fraction of sp³-hybridized carbons (Fsp3) is 0. The van der Waals surface area contributed by atoms with E-state index in [1.807, 2.05) is 36.4 Å². The molecule has 0 saturated heterocycles. The smallest absolute Gasteiger partial charge is 0.132 e. The van der Waals surface area contributed by atoms with Gasteiger partial charge >= 0.3 is 0 Å². The normalized spacial score (nSPS) is 10.3. The van der Waals surface area contributed by atoms with Crippen LogP contribution < -0.4 is 5.32 Å². The number of nitriles is 1. The molecule has 0 atom stereocenters. The molecule has 0 unspecified atom stereocenters. The number of nitrogens with one attached hydrogen (secondary N) is 1. The van der Waals surface area contributed by atoms with Crippen molar-refractivity contribution in [2.75, 3.05) is 5.32 Å². The SMILES string of the molecule is N#Cc1cc(Nc2cc(Br)ccc2Cl)nc2ccccc12. The molecule has 0 radical (unpaired) electrons. The Morgan fingerprint density at radius 1 is 1.14 bits per heavy atom. The van der Waals surface area contributed by atoms with E-state index in [1.165, 1.54) is 0 Å². The molecule has 3 nitrogen and oxygen atoms in total. The molecule has 1 aromatic heterocycles. The number of hydrogen-bond donors (Lipinski definition) is 1. The maximum atomic E-state index is 9.29. The van der Waals surface area contributed by atoms with Gasteiger partial charge in [-0.1, -0.05) is 45.7 Å². The molecule has 0 aliphatic rings. The van der Waals surface area contributed by atoms with E-state index in [2.05, 4.69) is 32.3 Å². The summed E-state index contributed by atoms with van der Waals surface area (Å²) in [6.45, 7) is 0. The zero-order valence-corrected chi connectivity index (χ0v) is 13.1. The van der Waals surface area contributed by atoms with E-state index in [0.717, 1.165) is 21.1 Å². The Balaban J connectivity index is 2.09. The van der Waals surface area contributed by atoms with Crippen LogP contribution in [0.2, 0.25) is 5.02 Å². The predicted octanol–water partition coefficient (Wildman–Crippen LogP) is 5.27. The van der Waals surface area contributed by atoms with Crippen molar-refractivity contribution in [3.8, 4) is 6.07 Å². The van der Waals surface area contributed by atoms with Crippen LogP contribution in [0.15, 0.2) is 53.0 Å². The molecule has 3 rings (SSSR count). The lowest BCUT2D eigenvalue weighted by Gasteiger charge is -2.10. The van der Waals surface area contributed by atoms with Crippen LogP contribution in [0.1, 0.15) is 5.56 Å². The van der Waals surface area contributed by atoms with Crippen molar-refractivity contribution in [2.24, 2.45) is 0 Å². The molecule has 0 fully saturated rings. The van der Waals surface area contributed by atoms with Crippen molar-refractivity contribution >= 4 is 49.9 Å². The highest BCUT2D eigenvalue weighted by Crippen LogP contribution is 2.29. The average Bonchev–Trinajstić information content (AvgIpc) is 2.50. The van der Waals surface area contributed by atoms with Crippen molar-refractivity contribution < 1.29 is 0 Å². The fourth-order valence-electron chi connectivity index (χ4n) is 2.06. The molecule has 0 amide bonds. The number of hydrogen-bond acceptors (Lipinski definition) is 3. The molecule has 0 aliphatic heterocycles. The van der Waals surface area contributed by atoms with E-state index in [9.17, 15) is 5.26 Å². The van der Waals surface area contributed by atoms with Gasteiger partial charge in [-0.05, 0) is 30.3 Å². The van der Waals surface area contributed by atoms with Gasteiger partial charge in [0.25, 0.3) is 0 Å². The zero-order valence-electron chi connectivity index (χ0n) is 10.8. The molecule has 102 valence electrons. The number of aromatic nitrogens is 1. The number of para-hydroxylation sites is 1. The van der Waals surface area contributed by atoms with Gasteiger partial charge in [0, 0.05) is 9.86 Å². The van der Waals surface area contributed by atoms with Crippen molar-refractivity contribution in [3.05, 3.63) is 63.6 Å². The Morgan fingerprint density at radius 3 is 2.76 bits per heavy atom. The van der Waals surface area contributed by atoms with Crippen LogP contribution in [0.4, 0.5) is 11.5 Å². The average molecular weight is 359 g/mol. The highest BCUT2D eigenvalue weighted by molar-refractivity contribution is 9.10. The van der Waals surface area contributed by atoms with Crippen molar-refractivity contribution in [1.29, 1.82) is 5.26 Å². The van der Waals surface area contributed by atoms with Gasteiger partial charge in [-0.2, -0.15) is 5.26 Å². The number of anilines is 2. The summed E-state index contributed by atoms with van der Waals surface area (Å²) in [4.78, 5) is 4.51. The molecule has 0 bridgehead atoms. The van der Waals surface area contributed by atoms with Crippen LogP contribution >= 0.6 is 27.5 Å². The predicted molar refractivity (Wildman–Crippen MR) is 88.9 cm³/mol. The molecular weight excluding hydrogens is 350 g/mol. The summed E-state index contributed by atoms with van der Waals surface area (Å²) in [6.07, 6.45) is 0. The van der Waals surface area contributed by atoms with Gasteiger partial charge in [0.1, 0.15) is 5.82 Å². The topological polar surface area (TPSA) is 48.7 Å². The minimum absolute atomic E-state index is 0.578. The van der Waals surface area contributed by atoms with Gasteiger partial charge in [-0.25, -0.2) is 4.98 Å². The standard InChI is InChI=1S/C16H9BrClN3/c17-11-5-6-13(18)15(8-11)21-16-7-10(9-19)12-3-1-2-4-14(12)20-16/h1-8H,(H,20,21). The monoisotopic (exact) mass is 357 g/mol. The van der Waals surface area contributed by atoms with E-state index >= 15 is 0 Å². The molecule has 5 heteroatoms. The number of rotatable bonds is 2. The first-order valence-electron chi connectivity index (χ1n) is 6.19. The number of fused-ring (bicyclic) bond motifs is 1. The molecule has 0 spiro atoms. The van der Waals surface area contributed by atoms with Crippen molar-refractivity contribution in [1.82, 2.24) is 4.98 Å². The van der Waals surface area contributed by atoms with Crippen LogP contribution in [-0.2, 0) is 0 Å². The molecule has 0 saturated carbocycles. The first kappa shape index (κ1) is 13.9. The van der Waals surface area contributed by atoms with Gasteiger partial charge in [-0.15, -0.1) is 0 Å². The highest BCUT2D eigenvalue weighted by Gasteiger charge is 2.07. The first-order valence-corrected chi connectivity index (χ1v) is 7.36. The quantitative estimate of drug-likeness (QED) is 0.679. The molecule has 21 heavy (non-hydrogen) atoms.